The molecule has 35 heavy (non-hydrogen) atoms. The lowest BCUT2D eigenvalue weighted by atomic mass is 10.0. The molecule has 3 aromatic rings. The van der Waals surface area contributed by atoms with Gasteiger partial charge < -0.3 is 10.4 Å². The average Bonchev–Trinajstić information content (AvgIpc) is 2.85. The van der Waals surface area contributed by atoms with Crippen molar-refractivity contribution < 1.29 is 18.3 Å². The number of carbonyl (C=O) groups is 1. The Morgan fingerprint density at radius 3 is 2.26 bits per heavy atom. The zero-order valence-electron chi connectivity index (χ0n) is 19.9. The molecule has 5 nitrogen and oxygen atoms in total. The number of rotatable bonds is 13. The third-order valence-electron chi connectivity index (χ3n) is 6.05. The van der Waals surface area contributed by atoms with Gasteiger partial charge in [-0.15, -0.1) is 0 Å². The van der Waals surface area contributed by atoms with Crippen molar-refractivity contribution >= 4 is 33.1 Å². The lowest BCUT2D eigenvalue weighted by Gasteiger charge is -2.22. The molecular formula is C28H32ClNO4S. The van der Waals surface area contributed by atoms with E-state index < -0.39 is 21.2 Å². The Morgan fingerprint density at radius 2 is 1.60 bits per heavy atom. The highest BCUT2D eigenvalue weighted by atomic mass is 35.5. The highest BCUT2D eigenvalue weighted by Gasteiger charge is 2.27. The molecule has 0 fully saturated rings. The monoisotopic (exact) mass is 513 g/mol. The summed E-state index contributed by atoms with van der Waals surface area (Å²) in [6.07, 6.45) is 5.87. The Hall–Kier alpha value is -2.83. The highest BCUT2D eigenvalue weighted by Crippen LogP contribution is 2.26. The minimum Gasteiger partial charge on any atom is -0.478 e. The van der Waals surface area contributed by atoms with Gasteiger partial charge in [0.25, 0.3) is 0 Å². The number of hydrogen-bond donors (Lipinski definition) is 2. The van der Waals surface area contributed by atoms with E-state index in [1.54, 1.807) is 36.4 Å². The molecule has 3 aromatic carbocycles. The van der Waals surface area contributed by atoms with Gasteiger partial charge in [-0.2, -0.15) is 0 Å². The van der Waals surface area contributed by atoms with Crippen LogP contribution in [0.4, 0.5) is 5.69 Å². The van der Waals surface area contributed by atoms with Crippen LogP contribution < -0.4 is 5.32 Å². The molecule has 7 heteroatoms. The summed E-state index contributed by atoms with van der Waals surface area (Å²) in [5.74, 6) is -0.946. The van der Waals surface area contributed by atoms with Crippen LogP contribution in [0.3, 0.4) is 0 Å². The van der Waals surface area contributed by atoms with Gasteiger partial charge in [0, 0.05) is 10.7 Å². The van der Waals surface area contributed by atoms with Gasteiger partial charge in [0.2, 0.25) is 0 Å². The molecule has 0 aliphatic carbocycles. The summed E-state index contributed by atoms with van der Waals surface area (Å²) in [5.41, 5.74) is 3.09. The summed E-state index contributed by atoms with van der Waals surface area (Å²) in [6, 6.07) is 20.9. The third kappa shape index (κ3) is 7.58. The number of carboxylic acid groups (broad SMARTS) is 1. The summed E-state index contributed by atoms with van der Waals surface area (Å²) in [5, 5.41) is 12.2. The van der Waals surface area contributed by atoms with Crippen LogP contribution >= 0.6 is 11.6 Å². The molecule has 1 unspecified atom stereocenters. The van der Waals surface area contributed by atoms with Crippen molar-refractivity contribution in [2.75, 3.05) is 5.32 Å². The highest BCUT2D eigenvalue weighted by molar-refractivity contribution is 7.92. The number of benzene rings is 3. The molecule has 0 bridgehead atoms. The van der Waals surface area contributed by atoms with Crippen LogP contribution in [0.1, 0.15) is 60.5 Å². The molecule has 0 saturated carbocycles. The van der Waals surface area contributed by atoms with Crippen LogP contribution in [0.2, 0.25) is 5.02 Å². The molecule has 0 saturated heterocycles. The fraction of sp³-hybridized carbons (Fsp3) is 0.321. The van der Waals surface area contributed by atoms with E-state index in [2.05, 4.69) is 12.2 Å². The summed E-state index contributed by atoms with van der Waals surface area (Å²) in [4.78, 5) is 11.3. The van der Waals surface area contributed by atoms with Crippen LogP contribution in [-0.4, -0.2) is 24.9 Å². The van der Waals surface area contributed by atoms with Crippen molar-refractivity contribution in [3.05, 3.63) is 94.5 Å². The Bertz CT molecular complexity index is 1210. The molecular weight excluding hydrogens is 482 g/mol. The zero-order valence-corrected chi connectivity index (χ0v) is 21.5. The summed E-state index contributed by atoms with van der Waals surface area (Å²) in [6.45, 7) is 2.13. The first kappa shape index (κ1) is 26.8. The first-order valence-corrected chi connectivity index (χ1v) is 13.9. The van der Waals surface area contributed by atoms with E-state index in [9.17, 15) is 13.2 Å². The number of halogens is 1. The number of unbranched alkanes of at least 4 members (excludes halogenated alkanes) is 3. The van der Waals surface area contributed by atoms with E-state index in [-0.39, 0.29) is 10.5 Å². The summed E-state index contributed by atoms with van der Waals surface area (Å²) < 4.78 is 27.1. The maximum absolute atomic E-state index is 13.5. The van der Waals surface area contributed by atoms with Gasteiger partial charge in [-0.3, -0.25) is 0 Å². The number of para-hydroxylation sites is 1. The third-order valence-corrected chi connectivity index (χ3v) is 8.34. The topological polar surface area (TPSA) is 83.5 Å². The molecule has 0 heterocycles. The van der Waals surface area contributed by atoms with Crippen molar-refractivity contribution in [1.82, 2.24) is 0 Å². The molecule has 0 spiro atoms. The molecule has 0 aliphatic heterocycles. The van der Waals surface area contributed by atoms with Gasteiger partial charge in [0.1, 0.15) is 5.37 Å². The van der Waals surface area contributed by atoms with Gasteiger partial charge in [-0.05, 0) is 72.9 Å². The second-order valence-electron chi connectivity index (χ2n) is 8.64. The lowest BCUT2D eigenvalue weighted by Crippen LogP contribution is -2.30. The second-order valence-corrected chi connectivity index (χ2v) is 11.2. The van der Waals surface area contributed by atoms with Crippen LogP contribution in [0.15, 0.2) is 77.7 Å². The van der Waals surface area contributed by atoms with Gasteiger partial charge in [-0.1, -0.05) is 74.5 Å². The molecule has 186 valence electrons. The predicted molar refractivity (Wildman–Crippen MR) is 142 cm³/mol. The maximum Gasteiger partial charge on any atom is 0.335 e. The Balaban J connectivity index is 1.80. The van der Waals surface area contributed by atoms with E-state index >= 15 is 0 Å². The summed E-state index contributed by atoms with van der Waals surface area (Å²) >= 11 is 5.98. The molecule has 0 aliphatic rings. The van der Waals surface area contributed by atoms with E-state index in [0.717, 1.165) is 42.5 Å². The normalized spacial score (nSPS) is 12.3. The average molecular weight is 514 g/mol. The molecule has 0 amide bonds. The van der Waals surface area contributed by atoms with Gasteiger partial charge in [-0.25, -0.2) is 13.2 Å². The van der Waals surface area contributed by atoms with E-state index in [1.807, 2.05) is 36.4 Å². The standard InChI is InChI=1S/C28H32ClNO4S/c1-2-3-4-5-10-27(35(33,34)25-19-17-24(29)18-20-25)30-26-9-7-6-8-22(26)14-11-21-12-15-23(16-13-21)28(31)32/h6-9,12-13,15-20,27,30H,2-5,10-11,14H2,1H3,(H,31,32). The van der Waals surface area contributed by atoms with Crippen molar-refractivity contribution in [2.45, 2.75) is 62.1 Å². The second kappa shape index (κ2) is 12.8. The van der Waals surface area contributed by atoms with Gasteiger partial charge in [0.05, 0.1) is 10.5 Å². The van der Waals surface area contributed by atoms with Crippen molar-refractivity contribution in [2.24, 2.45) is 0 Å². The number of anilines is 1. The van der Waals surface area contributed by atoms with Crippen molar-refractivity contribution in [3.8, 4) is 0 Å². The van der Waals surface area contributed by atoms with Gasteiger partial charge >= 0.3 is 5.97 Å². The minimum atomic E-state index is -3.63. The van der Waals surface area contributed by atoms with Crippen LogP contribution in [0.25, 0.3) is 0 Å². The van der Waals surface area contributed by atoms with Crippen molar-refractivity contribution in [3.63, 3.8) is 0 Å². The summed E-state index contributed by atoms with van der Waals surface area (Å²) in [7, 11) is -3.63. The molecule has 1 atom stereocenters. The smallest absolute Gasteiger partial charge is 0.335 e. The van der Waals surface area contributed by atoms with E-state index in [1.165, 1.54) is 0 Å². The number of aryl methyl sites for hydroxylation is 2. The van der Waals surface area contributed by atoms with E-state index in [4.69, 9.17) is 16.7 Å². The molecule has 3 rings (SSSR count). The number of sulfone groups is 1. The lowest BCUT2D eigenvalue weighted by molar-refractivity contribution is 0.0697. The van der Waals surface area contributed by atoms with E-state index in [0.29, 0.717) is 24.3 Å². The number of nitrogens with one attached hydrogen (secondary N) is 1. The number of hydrogen-bond acceptors (Lipinski definition) is 4. The first-order chi connectivity index (χ1) is 16.8. The van der Waals surface area contributed by atoms with Crippen LogP contribution in [0.5, 0.6) is 0 Å². The number of carboxylic acids is 1. The fourth-order valence-electron chi connectivity index (χ4n) is 4.00. The minimum absolute atomic E-state index is 0.255. The largest absolute Gasteiger partial charge is 0.478 e. The van der Waals surface area contributed by atoms with Gasteiger partial charge in [0.15, 0.2) is 9.84 Å². The quantitative estimate of drug-likeness (QED) is 0.240. The maximum atomic E-state index is 13.5. The fourth-order valence-corrected chi connectivity index (χ4v) is 5.72. The molecule has 0 radical (unpaired) electrons. The van der Waals surface area contributed by atoms with Crippen molar-refractivity contribution in [1.29, 1.82) is 0 Å². The zero-order chi connectivity index (χ0) is 25.3. The Morgan fingerprint density at radius 1 is 0.914 bits per heavy atom. The molecule has 0 aromatic heterocycles. The Labute approximate surface area is 213 Å². The van der Waals surface area contributed by atoms with Crippen LogP contribution in [-0.2, 0) is 22.7 Å². The SMILES string of the molecule is CCCCCCC(Nc1ccccc1CCc1ccc(C(=O)O)cc1)S(=O)(=O)c1ccc(Cl)cc1. The van der Waals surface area contributed by atoms with Crippen LogP contribution in [0, 0.1) is 0 Å². The Kier molecular flexibility index (Phi) is 9.75. The predicted octanol–water partition coefficient (Wildman–Crippen LogP) is 7.01. The molecule has 2 N–H and O–H groups in total. The first-order valence-electron chi connectivity index (χ1n) is 12.0. The number of aromatic carboxylic acids is 1.